The highest BCUT2D eigenvalue weighted by molar-refractivity contribution is 8.23. The summed E-state index contributed by atoms with van der Waals surface area (Å²) in [6.07, 6.45) is 3.55. The van der Waals surface area contributed by atoms with Crippen molar-refractivity contribution in [1.29, 1.82) is 0 Å². The summed E-state index contributed by atoms with van der Waals surface area (Å²) in [7, 11) is 0. The van der Waals surface area contributed by atoms with Crippen LogP contribution < -0.4 is 5.32 Å². The highest BCUT2D eigenvalue weighted by Crippen LogP contribution is 2.15. The van der Waals surface area contributed by atoms with Crippen LogP contribution >= 0.6 is 24.0 Å². The summed E-state index contributed by atoms with van der Waals surface area (Å²) in [4.78, 5) is 25.7. The molecule has 1 saturated heterocycles. The van der Waals surface area contributed by atoms with Gasteiger partial charge in [-0.25, -0.2) is 0 Å². The van der Waals surface area contributed by atoms with Gasteiger partial charge in [-0.1, -0.05) is 42.2 Å². The number of thiocarbonyl (C=S) groups is 1. The van der Waals surface area contributed by atoms with E-state index in [9.17, 15) is 9.59 Å². The number of hydrogen-bond donors (Lipinski definition) is 1. The van der Waals surface area contributed by atoms with Gasteiger partial charge in [-0.3, -0.25) is 14.9 Å². The Kier molecular flexibility index (Phi) is 6.20. The number of nitrogens with one attached hydrogen (secondary N) is 1. The van der Waals surface area contributed by atoms with E-state index in [0.29, 0.717) is 5.56 Å². The molecule has 0 aromatic heterocycles. The summed E-state index contributed by atoms with van der Waals surface area (Å²) in [5, 5.41) is 2.38. The monoisotopic (exact) mass is 322 g/mol. The van der Waals surface area contributed by atoms with Crippen LogP contribution in [0, 0.1) is 0 Å². The Hall–Kier alpha value is -1.40. The molecule has 1 aromatic carbocycles. The van der Waals surface area contributed by atoms with Gasteiger partial charge in [-0.05, 0) is 31.4 Å². The summed E-state index contributed by atoms with van der Waals surface area (Å²) in [5.74, 6) is -0.508. The summed E-state index contributed by atoms with van der Waals surface area (Å²) >= 11 is 6.64. The fraction of sp³-hybridized carbons (Fsp3) is 0.400. The van der Waals surface area contributed by atoms with Crippen LogP contribution in [0.4, 0.5) is 0 Å². The molecule has 2 amide bonds. The molecule has 2 rings (SSSR count). The van der Waals surface area contributed by atoms with Crippen LogP contribution in [0.25, 0.3) is 0 Å². The number of carbonyl (C=O) groups is 2. The molecule has 0 saturated carbocycles. The van der Waals surface area contributed by atoms with E-state index in [-0.39, 0.29) is 17.6 Å². The summed E-state index contributed by atoms with van der Waals surface area (Å²) in [6.45, 7) is 1.94. The molecular weight excluding hydrogens is 304 g/mol. The number of hydrogen-bond acceptors (Lipinski definition) is 4. The van der Waals surface area contributed by atoms with Crippen LogP contribution in [0.2, 0.25) is 0 Å². The maximum absolute atomic E-state index is 11.8. The van der Waals surface area contributed by atoms with Crippen molar-refractivity contribution in [3.05, 3.63) is 35.9 Å². The number of amides is 2. The molecule has 0 radical (unpaired) electrons. The van der Waals surface area contributed by atoms with E-state index < -0.39 is 0 Å². The van der Waals surface area contributed by atoms with Gasteiger partial charge >= 0.3 is 0 Å². The van der Waals surface area contributed by atoms with Gasteiger partial charge in [0, 0.05) is 18.7 Å². The lowest BCUT2D eigenvalue weighted by atomic mass is 10.1. The van der Waals surface area contributed by atoms with Crippen LogP contribution in [-0.4, -0.2) is 39.9 Å². The van der Waals surface area contributed by atoms with Crippen molar-refractivity contribution in [3.63, 3.8) is 0 Å². The predicted octanol–water partition coefficient (Wildman–Crippen LogP) is 2.45. The van der Waals surface area contributed by atoms with Crippen molar-refractivity contribution in [2.24, 2.45) is 0 Å². The van der Waals surface area contributed by atoms with Crippen LogP contribution in [0.15, 0.2) is 30.3 Å². The summed E-state index contributed by atoms with van der Waals surface area (Å²) in [6, 6.07) is 8.70. The zero-order chi connectivity index (χ0) is 15.1. The molecule has 0 spiro atoms. The van der Waals surface area contributed by atoms with Gasteiger partial charge in [0.1, 0.15) is 4.32 Å². The van der Waals surface area contributed by atoms with Crippen molar-refractivity contribution in [2.75, 3.05) is 18.8 Å². The fourth-order valence-electron chi connectivity index (χ4n) is 2.12. The molecule has 0 aliphatic carbocycles. The van der Waals surface area contributed by atoms with E-state index in [2.05, 4.69) is 10.2 Å². The SMILES string of the molecule is O=C(CSC(=S)N1CCCCC1)NC(=O)c1ccccc1. The highest BCUT2D eigenvalue weighted by atomic mass is 32.2. The summed E-state index contributed by atoms with van der Waals surface area (Å²) in [5.41, 5.74) is 0.481. The highest BCUT2D eigenvalue weighted by Gasteiger charge is 2.16. The van der Waals surface area contributed by atoms with Crippen LogP contribution in [0.5, 0.6) is 0 Å². The van der Waals surface area contributed by atoms with E-state index in [4.69, 9.17) is 12.2 Å². The van der Waals surface area contributed by atoms with Gasteiger partial charge in [0.25, 0.3) is 5.91 Å². The normalized spacial score (nSPS) is 14.6. The van der Waals surface area contributed by atoms with E-state index >= 15 is 0 Å². The Bertz CT molecular complexity index is 514. The minimum absolute atomic E-state index is 0.175. The first kappa shape index (κ1) is 16.0. The second-order valence-corrected chi connectivity index (χ2v) is 6.45. The Morgan fingerprint density at radius 2 is 1.81 bits per heavy atom. The van der Waals surface area contributed by atoms with Crippen molar-refractivity contribution < 1.29 is 9.59 Å². The number of rotatable bonds is 3. The molecule has 4 nitrogen and oxygen atoms in total. The molecular formula is C15H18N2O2S2. The third-order valence-electron chi connectivity index (χ3n) is 3.23. The lowest BCUT2D eigenvalue weighted by Gasteiger charge is -2.28. The fourth-order valence-corrected chi connectivity index (χ4v) is 3.17. The Morgan fingerprint density at radius 1 is 1.14 bits per heavy atom. The molecule has 1 fully saturated rings. The van der Waals surface area contributed by atoms with E-state index in [1.54, 1.807) is 24.3 Å². The number of benzene rings is 1. The maximum Gasteiger partial charge on any atom is 0.257 e. The van der Waals surface area contributed by atoms with Gasteiger partial charge < -0.3 is 4.90 Å². The number of nitrogens with zero attached hydrogens (tertiary/aromatic N) is 1. The van der Waals surface area contributed by atoms with Gasteiger partial charge in [0.15, 0.2) is 0 Å². The minimum Gasteiger partial charge on any atom is -0.358 e. The Morgan fingerprint density at radius 3 is 2.48 bits per heavy atom. The zero-order valence-electron chi connectivity index (χ0n) is 11.7. The predicted molar refractivity (Wildman–Crippen MR) is 89.4 cm³/mol. The molecule has 21 heavy (non-hydrogen) atoms. The molecule has 1 aliphatic heterocycles. The molecule has 6 heteroatoms. The number of piperidine rings is 1. The maximum atomic E-state index is 11.8. The first-order chi connectivity index (χ1) is 10.2. The molecule has 0 unspecified atom stereocenters. The molecule has 0 bridgehead atoms. The van der Waals surface area contributed by atoms with Crippen molar-refractivity contribution in [2.45, 2.75) is 19.3 Å². The largest absolute Gasteiger partial charge is 0.358 e. The van der Waals surface area contributed by atoms with Crippen LogP contribution in [0.3, 0.4) is 0 Å². The third kappa shape index (κ3) is 5.13. The second kappa shape index (κ2) is 8.14. The van der Waals surface area contributed by atoms with Gasteiger partial charge in [0.05, 0.1) is 5.75 Å². The smallest absolute Gasteiger partial charge is 0.257 e. The van der Waals surface area contributed by atoms with Gasteiger partial charge in [-0.2, -0.15) is 0 Å². The molecule has 0 atom stereocenters. The Balaban J connectivity index is 1.74. The summed E-state index contributed by atoms with van der Waals surface area (Å²) < 4.78 is 0.747. The Labute approximate surface area is 134 Å². The average molecular weight is 322 g/mol. The van der Waals surface area contributed by atoms with Gasteiger partial charge in [0.2, 0.25) is 5.91 Å². The molecule has 1 aliphatic rings. The average Bonchev–Trinajstić information content (AvgIpc) is 2.54. The number of likely N-dealkylation sites (tertiary alicyclic amines) is 1. The number of carbonyl (C=O) groups excluding carboxylic acids is 2. The van der Waals surface area contributed by atoms with E-state index in [1.165, 1.54) is 18.2 Å². The molecule has 1 aromatic rings. The lowest BCUT2D eigenvalue weighted by Crippen LogP contribution is -2.35. The molecule has 1 heterocycles. The first-order valence-corrected chi connectivity index (χ1v) is 8.37. The third-order valence-corrected chi connectivity index (χ3v) is 4.75. The standard InChI is InChI=1S/C15H18N2O2S2/c18-13(16-14(19)12-7-3-1-4-8-12)11-21-15(20)17-9-5-2-6-10-17/h1,3-4,7-8H,2,5-6,9-11H2,(H,16,18,19). The minimum atomic E-state index is -0.370. The van der Waals surface area contributed by atoms with E-state index in [0.717, 1.165) is 30.3 Å². The molecule has 112 valence electrons. The lowest BCUT2D eigenvalue weighted by molar-refractivity contribution is -0.117. The first-order valence-electron chi connectivity index (χ1n) is 6.98. The quantitative estimate of drug-likeness (QED) is 0.866. The van der Waals surface area contributed by atoms with Crippen LogP contribution in [-0.2, 0) is 4.79 Å². The van der Waals surface area contributed by atoms with Crippen molar-refractivity contribution >= 4 is 40.1 Å². The second-order valence-electron chi connectivity index (χ2n) is 4.85. The molecule has 1 N–H and O–H groups in total. The van der Waals surface area contributed by atoms with Crippen molar-refractivity contribution in [1.82, 2.24) is 10.2 Å². The van der Waals surface area contributed by atoms with E-state index in [1.807, 2.05) is 6.07 Å². The van der Waals surface area contributed by atoms with Crippen LogP contribution in [0.1, 0.15) is 29.6 Å². The zero-order valence-corrected chi connectivity index (χ0v) is 13.3. The van der Waals surface area contributed by atoms with Crippen molar-refractivity contribution in [3.8, 4) is 0 Å². The number of imide groups is 1. The topological polar surface area (TPSA) is 49.4 Å². The van der Waals surface area contributed by atoms with Gasteiger partial charge in [-0.15, -0.1) is 0 Å². The number of thioether (sulfide) groups is 1.